The smallest absolute Gasteiger partial charge is 0.133 e. The van der Waals surface area contributed by atoms with Crippen LogP contribution in [-0.4, -0.2) is 25.2 Å². The van der Waals surface area contributed by atoms with Gasteiger partial charge in [-0.1, -0.05) is 0 Å². The van der Waals surface area contributed by atoms with Gasteiger partial charge in [0.1, 0.15) is 11.6 Å². The number of hydrogen-bond donors (Lipinski definition) is 2. The number of hydrogen-bond acceptors (Lipinski definition) is 4. The number of anilines is 1. The van der Waals surface area contributed by atoms with Crippen LogP contribution in [0.25, 0.3) is 10.8 Å². The summed E-state index contributed by atoms with van der Waals surface area (Å²) in [5.74, 6) is 1.72. The van der Waals surface area contributed by atoms with E-state index in [1.54, 1.807) is 13.3 Å². The molecule has 0 aliphatic carbocycles. The summed E-state index contributed by atoms with van der Waals surface area (Å²) in [7, 11) is 1.66. The molecule has 0 fully saturated rings. The van der Waals surface area contributed by atoms with E-state index in [-0.39, 0.29) is 0 Å². The highest BCUT2D eigenvalue weighted by Crippen LogP contribution is 2.24. The van der Waals surface area contributed by atoms with E-state index < -0.39 is 0 Å². The molecular formula is C12H15N3O. The van der Waals surface area contributed by atoms with Gasteiger partial charge in [-0.15, -0.1) is 0 Å². The summed E-state index contributed by atoms with van der Waals surface area (Å²) in [5.41, 5.74) is 5.46. The minimum atomic E-state index is 0.591. The van der Waals surface area contributed by atoms with Crippen LogP contribution in [0.2, 0.25) is 0 Å². The maximum atomic E-state index is 5.46. The summed E-state index contributed by atoms with van der Waals surface area (Å²) >= 11 is 0. The molecule has 0 aliphatic rings. The van der Waals surface area contributed by atoms with Crippen LogP contribution in [-0.2, 0) is 0 Å². The molecule has 0 spiro atoms. The highest BCUT2D eigenvalue weighted by Gasteiger charge is 2.02. The molecule has 0 saturated carbocycles. The van der Waals surface area contributed by atoms with Gasteiger partial charge in [-0.2, -0.15) is 0 Å². The number of rotatable bonds is 4. The van der Waals surface area contributed by atoms with Crippen LogP contribution in [0, 0.1) is 0 Å². The number of methoxy groups -OCH3 is 1. The van der Waals surface area contributed by atoms with Crippen molar-refractivity contribution in [3.8, 4) is 5.75 Å². The van der Waals surface area contributed by atoms with Gasteiger partial charge in [-0.05, 0) is 29.7 Å². The summed E-state index contributed by atoms with van der Waals surface area (Å²) in [6, 6.07) is 7.88. The average Bonchev–Trinajstić information content (AvgIpc) is 2.35. The van der Waals surface area contributed by atoms with Gasteiger partial charge in [-0.3, -0.25) is 0 Å². The van der Waals surface area contributed by atoms with Gasteiger partial charge < -0.3 is 15.8 Å². The van der Waals surface area contributed by atoms with Crippen LogP contribution in [0.4, 0.5) is 5.82 Å². The summed E-state index contributed by atoms with van der Waals surface area (Å²) < 4.78 is 5.18. The Balaban J connectivity index is 2.43. The van der Waals surface area contributed by atoms with Crippen molar-refractivity contribution >= 4 is 16.6 Å². The van der Waals surface area contributed by atoms with E-state index in [0.29, 0.717) is 6.54 Å². The van der Waals surface area contributed by atoms with Crippen LogP contribution in [0.3, 0.4) is 0 Å². The molecule has 2 aromatic rings. The van der Waals surface area contributed by atoms with Gasteiger partial charge in [-0.25, -0.2) is 4.98 Å². The zero-order valence-electron chi connectivity index (χ0n) is 9.23. The van der Waals surface area contributed by atoms with Crippen LogP contribution >= 0.6 is 0 Å². The number of aromatic nitrogens is 1. The lowest BCUT2D eigenvalue weighted by Crippen LogP contribution is -2.13. The molecule has 16 heavy (non-hydrogen) atoms. The second kappa shape index (κ2) is 4.81. The van der Waals surface area contributed by atoms with Gasteiger partial charge in [0.2, 0.25) is 0 Å². The molecule has 1 heterocycles. The average molecular weight is 217 g/mol. The van der Waals surface area contributed by atoms with E-state index in [0.717, 1.165) is 28.9 Å². The van der Waals surface area contributed by atoms with E-state index in [4.69, 9.17) is 10.5 Å². The highest BCUT2D eigenvalue weighted by atomic mass is 16.5. The Morgan fingerprint density at radius 2 is 2.25 bits per heavy atom. The Bertz CT molecular complexity index is 485. The third-order valence-electron chi connectivity index (χ3n) is 2.41. The van der Waals surface area contributed by atoms with Crippen molar-refractivity contribution in [2.24, 2.45) is 5.73 Å². The van der Waals surface area contributed by atoms with Crippen molar-refractivity contribution in [2.45, 2.75) is 0 Å². The fourth-order valence-corrected chi connectivity index (χ4v) is 1.61. The number of fused-ring (bicyclic) bond motifs is 1. The maximum absolute atomic E-state index is 5.46. The zero-order valence-corrected chi connectivity index (χ0v) is 9.23. The van der Waals surface area contributed by atoms with Crippen molar-refractivity contribution in [1.82, 2.24) is 4.98 Å². The van der Waals surface area contributed by atoms with Gasteiger partial charge in [0.15, 0.2) is 0 Å². The SMILES string of the molecule is COc1ccc2c(NCCN)nccc2c1. The van der Waals surface area contributed by atoms with Crippen LogP contribution in [0.5, 0.6) is 5.75 Å². The van der Waals surface area contributed by atoms with E-state index in [1.807, 2.05) is 24.3 Å². The monoisotopic (exact) mass is 217 g/mol. The third-order valence-corrected chi connectivity index (χ3v) is 2.41. The minimum absolute atomic E-state index is 0.591. The van der Waals surface area contributed by atoms with Crippen molar-refractivity contribution in [3.63, 3.8) is 0 Å². The van der Waals surface area contributed by atoms with Crippen molar-refractivity contribution in [3.05, 3.63) is 30.5 Å². The Labute approximate surface area is 94.4 Å². The lowest BCUT2D eigenvalue weighted by atomic mass is 10.1. The van der Waals surface area contributed by atoms with E-state index in [1.165, 1.54) is 0 Å². The molecule has 0 radical (unpaired) electrons. The van der Waals surface area contributed by atoms with Crippen molar-refractivity contribution in [1.29, 1.82) is 0 Å². The number of nitrogens with zero attached hydrogens (tertiary/aromatic N) is 1. The summed E-state index contributed by atoms with van der Waals surface area (Å²) in [4.78, 5) is 4.29. The molecule has 1 aromatic carbocycles. The number of nitrogens with two attached hydrogens (primary N) is 1. The van der Waals surface area contributed by atoms with Gasteiger partial charge in [0, 0.05) is 24.7 Å². The first kappa shape index (κ1) is 10.7. The van der Waals surface area contributed by atoms with Crippen molar-refractivity contribution < 1.29 is 4.74 Å². The molecule has 4 nitrogen and oxygen atoms in total. The molecule has 0 aliphatic heterocycles. The lowest BCUT2D eigenvalue weighted by molar-refractivity contribution is 0.415. The fourth-order valence-electron chi connectivity index (χ4n) is 1.61. The fraction of sp³-hybridized carbons (Fsp3) is 0.250. The molecule has 3 N–H and O–H groups in total. The lowest BCUT2D eigenvalue weighted by Gasteiger charge is -2.08. The molecule has 0 unspecified atom stereocenters. The summed E-state index contributed by atoms with van der Waals surface area (Å²) in [5, 5.41) is 5.38. The molecule has 4 heteroatoms. The maximum Gasteiger partial charge on any atom is 0.133 e. The van der Waals surface area contributed by atoms with E-state index >= 15 is 0 Å². The van der Waals surface area contributed by atoms with Gasteiger partial charge in [0.05, 0.1) is 7.11 Å². The molecule has 1 aromatic heterocycles. The molecule has 0 bridgehead atoms. The van der Waals surface area contributed by atoms with Crippen LogP contribution < -0.4 is 15.8 Å². The number of benzene rings is 1. The number of pyridine rings is 1. The second-order valence-corrected chi connectivity index (χ2v) is 3.46. The molecule has 84 valence electrons. The molecular weight excluding hydrogens is 202 g/mol. The Morgan fingerprint density at radius 1 is 1.38 bits per heavy atom. The normalized spacial score (nSPS) is 10.4. The number of ether oxygens (including phenoxy) is 1. The zero-order chi connectivity index (χ0) is 11.4. The van der Waals surface area contributed by atoms with Gasteiger partial charge in [0.25, 0.3) is 0 Å². The standard InChI is InChI=1S/C12H15N3O/c1-16-10-2-3-11-9(8-10)4-6-14-12(11)15-7-5-13/h2-4,6,8H,5,7,13H2,1H3,(H,14,15). The first-order valence-corrected chi connectivity index (χ1v) is 5.22. The summed E-state index contributed by atoms with van der Waals surface area (Å²) in [6.45, 7) is 1.31. The predicted molar refractivity (Wildman–Crippen MR) is 65.8 cm³/mol. The predicted octanol–water partition coefficient (Wildman–Crippen LogP) is 1.61. The Kier molecular flexibility index (Phi) is 3.22. The third kappa shape index (κ3) is 2.06. The molecule has 0 amide bonds. The minimum Gasteiger partial charge on any atom is -0.497 e. The largest absolute Gasteiger partial charge is 0.497 e. The Morgan fingerprint density at radius 3 is 3.00 bits per heavy atom. The molecule has 2 rings (SSSR count). The Hall–Kier alpha value is -1.81. The quantitative estimate of drug-likeness (QED) is 0.817. The van der Waals surface area contributed by atoms with E-state index in [2.05, 4.69) is 10.3 Å². The second-order valence-electron chi connectivity index (χ2n) is 3.46. The molecule has 0 saturated heterocycles. The first-order chi connectivity index (χ1) is 7.85. The van der Waals surface area contributed by atoms with E-state index in [9.17, 15) is 0 Å². The highest BCUT2D eigenvalue weighted by molar-refractivity contribution is 5.92. The number of nitrogens with one attached hydrogen (secondary N) is 1. The topological polar surface area (TPSA) is 60.2 Å². The van der Waals surface area contributed by atoms with Gasteiger partial charge >= 0.3 is 0 Å². The van der Waals surface area contributed by atoms with Crippen molar-refractivity contribution in [2.75, 3.05) is 25.5 Å². The van der Waals surface area contributed by atoms with Crippen LogP contribution in [0.15, 0.2) is 30.5 Å². The molecule has 0 atom stereocenters. The summed E-state index contributed by atoms with van der Waals surface area (Å²) in [6.07, 6.45) is 1.78. The van der Waals surface area contributed by atoms with Crippen LogP contribution in [0.1, 0.15) is 0 Å². The first-order valence-electron chi connectivity index (χ1n) is 5.22.